The van der Waals surface area contributed by atoms with E-state index < -0.39 is 0 Å². The lowest BCUT2D eigenvalue weighted by molar-refractivity contribution is -0.151. The highest BCUT2D eigenvalue weighted by Gasteiger charge is 2.28. The summed E-state index contributed by atoms with van der Waals surface area (Å²) >= 11 is 0. The monoisotopic (exact) mass is 413 g/mol. The second kappa shape index (κ2) is 10.3. The van der Waals surface area contributed by atoms with Gasteiger partial charge in [-0.3, -0.25) is 14.4 Å². The molecule has 1 fully saturated rings. The molecule has 1 aromatic heterocycles. The molecule has 1 aromatic carbocycles. The first-order valence-corrected chi connectivity index (χ1v) is 10.7. The van der Waals surface area contributed by atoms with Gasteiger partial charge in [-0.2, -0.15) is 0 Å². The van der Waals surface area contributed by atoms with E-state index in [1.165, 1.54) is 15.8 Å². The minimum absolute atomic E-state index is 0.0235. The van der Waals surface area contributed by atoms with Crippen molar-refractivity contribution in [1.82, 2.24) is 14.8 Å². The highest BCUT2D eigenvalue weighted by molar-refractivity contribution is 5.85. The predicted octanol–water partition coefficient (Wildman–Crippen LogP) is 2.75. The molecule has 0 aliphatic carbocycles. The second-order valence-electron chi connectivity index (χ2n) is 7.87. The van der Waals surface area contributed by atoms with Crippen LogP contribution in [0.4, 0.5) is 0 Å². The number of carbonyl (C=O) groups is 3. The number of likely N-dealkylation sites (N-methyl/N-ethyl adjacent to an activating group) is 1. The summed E-state index contributed by atoms with van der Waals surface area (Å²) in [5, 5.41) is 1.19. The van der Waals surface area contributed by atoms with Gasteiger partial charge in [0, 0.05) is 43.7 Å². The number of carbonyl (C=O) groups excluding carboxylic acids is 3. The summed E-state index contributed by atoms with van der Waals surface area (Å²) in [4.78, 5) is 43.3. The Labute approximate surface area is 177 Å². The number of fused-ring (bicyclic) bond motifs is 1. The number of likely N-dealkylation sites (tertiary alicyclic amines) is 1. The van der Waals surface area contributed by atoms with Gasteiger partial charge in [0.1, 0.15) is 0 Å². The Kier molecular flexibility index (Phi) is 7.49. The number of nitrogens with zero attached hydrogens (tertiary/aromatic N) is 2. The maximum atomic E-state index is 12.5. The van der Waals surface area contributed by atoms with Crippen molar-refractivity contribution in [3.8, 4) is 0 Å². The minimum atomic E-state index is -0.174. The zero-order valence-corrected chi connectivity index (χ0v) is 17.9. The van der Waals surface area contributed by atoms with Gasteiger partial charge in [-0.05, 0) is 44.2 Å². The van der Waals surface area contributed by atoms with E-state index in [2.05, 4.69) is 11.1 Å². The molecule has 0 bridgehead atoms. The third kappa shape index (κ3) is 5.40. The molecule has 1 saturated heterocycles. The first-order chi connectivity index (χ1) is 14.5. The highest BCUT2D eigenvalue weighted by Crippen LogP contribution is 2.20. The van der Waals surface area contributed by atoms with E-state index in [9.17, 15) is 14.4 Å². The Morgan fingerprint density at radius 1 is 1.20 bits per heavy atom. The van der Waals surface area contributed by atoms with E-state index in [4.69, 9.17) is 4.74 Å². The second-order valence-corrected chi connectivity index (χ2v) is 7.87. The van der Waals surface area contributed by atoms with Crippen LogP contribution in [0, 0.1) is 5.92 Å². The molecule has 1 aliphatic rings. The summed E-state index contributed by atoms with van der Waals surface area (Å²) in [6, 6.07) is 8.13. The molecule has 0 unspecified atom stereocenters. The number of aromatic nitrogens is 1. The number of piperidine rings is 1. The number of ether oxygens (including phenoxy) is 1. The SMILES string of the molecule is CCOC(=O)C1CCN(C(=O)CN(C)C(=O)CCCc2c[nH]c3ccccc23)CC1. The van der Waals surface area contributed by atoms with Crippen LogP contribution in [-0.4, -0.2) is 65.9 Å². The quantitative estimate of drug-likeness (QED) is 0.675. The van der Waals surface area contributed by atoms with Crippen LogP contribution in [0.5, 0.6) is 0 Å². The van der Waals surface area contributed by atoms with Crippen LogP contribution in [0.1, 0.15) is 38.2 Å². The molecule has 0 radical (unpaired) electrons. The molecule has 2 heterocycles. The average Bonchev–Trinajstić information content (AvgIpc) is 3.17. The van der Waals surface area contributed by atoms with Crippen molar-refractivity contribution in [3.05, 3.63) is 36.0 Å². The zero-order valence-electron chi connectivity index (χ0n) is 17.9. The lowest BCUT2D eigenvalue weighted by Gasteiger charge is -2.32. The van der Waals surface area contributed by atoms with E-state index in [0.29, 0.717) is 39.0 Å². The van der Waals surface area contributed by atoms with Gasteiger partial charge < -0.3 is 19.5 Å². The molecule has 2 amide bonds. The number of nitrogens with one attached hydrogen (secondary N) is 1. The van der Waals surface area contributed by atoms with E-state index in [-0.39, 0.29) is 30.2 Å². The molecule has 3 rings (SSSR count). The lowest BCUT2D eigenvalue weighted by atomic mass is 9.97. The minimum Gasteiger partial charge on any atom is -0.466 e. The molecule has 2 aromatic rings. The average molecular weight is 414 g/mol. The van der Waals surface area contributed by atoms with Crippen molar-refractivity contribution in [1.29, 1.82) is 0 Å². The van der Waals surface area contributed by atoms with Crippen LogP contribution in [0.25, 0.3) is 10.9 Å². The van der Waals surface area contributed by atoms with Gasteiger partial charge in [0.2, 0.25) is 11.8 Å². The summed E-state index contributed by atoms with van der Waals surface area (Å²) in [6.45, 7) is 3.32. The normalized spacial score (nSPS) is 14.7. The van der Waals surface area contributed by atoms with Crippen molar-refractivity contribution >= 4 is 28.7 Å². The Bertz CT molecular complexity index is 883. The summed E-state index contributed by atoms with van der Waals surface area (Å²) in [5.74, 6) is -0.389. The number of hydrogen-bond acceptors (Lipinski definition) is 4. The third-order valence-electron chi connectivity index (χ3n) is 5.78. The topological polar surface area (TPSA) is 82.7 Å². The summed E-state index contributed by atoms with van der Waals surface area (Å²) < 4.78 is 5.06. The Balaban J connectivity index is 1.40. The van der Waals surface area contributed by atoms with E-state index in [1.54, 1.807) is 18.9 Å². The van der Waals surface area contributed by atoms with Crippen molar-refractivity contribution in [2.75, 3.05) is 33.3 Å². The number of esters is 1. The van der Waals surface area contributed by atoms with Gasteiger partial charge in [0.15, 0.2) is 0 Å². The summed E-state index contributed by atoms with van der Waals surface area (Å²) in [7, 11) is 1.68. The maximum absolute atomic E-state index is 12.5. The Hall–Kier alpha value is -2.83. The number of benzene rings is 1. The molecule has 7 nitrogen and oxygen atoms in total. The molecule has 0 atom stereocenters. The number of rotatable bonds is 8. The van der Waals surface area contributed by atoms with Gasteiger partial charge >= 0.3 is 5.97 Å². The number of para-hydroxylation sites is 1. The largest absolute Gasteiger partial charge is 0.466 e. The summed E-state index contributed by atoms with van der Waals surface area (Å²) in [6.07, 6.45) is 5.21. The first-order valence-electron chi connectivity index (χ1n) is 10.7. The van der Waals surface area contributed by atoms with Crippen LogP contribution >= 0.6 is 0 Å². The van der Waals surface area contributed by atoms with Crippen molar-refractivity contribution in [2.45, 2.75) is 39.0 Å². The van der Waals surface area contributed by atoms with Crippen LogP contribution in [0.3, 0.4) is 0 Å². The fraction of sp³-hybridized carbons (Fsp3) is 0.522. The predicted molar refractivity (Wildman–Crippen MR) is 115 cm³/mol. The Morgan fingerprint density at radius 3 is 2.67 bits per heavy atom. The van der Waals surface area contributed by atoms with Gasteiger partial charge in [-0.1, -0.05) is 18.2 Å². The number of H-pyrrole nitrogens is 1. The van der Waals surface area contributed by atoms with E-state index >= 15 is 0 Å². The number of aryl methyl sites for hydroxylation is 1. The van der Waals surface area contributed by atoms with Gasteiger partial charge in [0.25, 0.3) is 0 Å². The molecule has 0 saturated carbocycles. The van der Waals surface area contributed by atoms with Crippen LogP contribution < -0.4 is 0 Å². The zero-order chi connectivity index (χ0) is 21.5. The molecular weight excluding hydrogens is 382 g/mol. The van der Waals surface area contributed by atoms with Crippen molar-refractivity contribution in [3.63, 3.8) is 0 Å². The fourth-order valence-electron chi connectivity index (χ4n) is 3.98. The standard InChI is InChI=1S/C23H31N3O4/c1-3-30-23(29)17-11-13-26(14-12-17)22(28)16-25(2)21(27)10-6-7-18-15-24-20-9-5-4-8-19(18)20/h4-5,8-9,15,17,24H,3,6-7,10-14,16H2,1-2H3. The molecule has 1 N–H and O–H groups in total. The van der Waals surface area contributed by atoms with Crippen LogP contribution in [0.2, 0.25) is 0 Å². The number of aromatic amines is 1. The molecule has 1 aliphatic heterocycles. The van der Waals surface area contributed by atoms with Gasteiger partial charge in [-0.15, -0.1) is 0 Å². The Morgan fingerprint density at radius 2 is 1.93 bits per heavy atom. The van der Waals surface area contributed by atoms with Gasteiger partial charge in [-0.25, -0.2) is 0 Å². The van der Waals surface area contributed by atoms with Gasteiger partial charge in [0.05, 0.1) is 19.1 Å². The first kappa shape index (κ1) is 21.9. The smallest absolute Gasteiger partial charge is 0.309 e. The lowest BCUT2D eigenvalue weighted by Crippen LogP contribution is -2.45. The molecule has 162 valence electrons. The molecule has 7 heteroatoms. The summed E-state index contributed by atoms with van der Waals surface area (Å²) in [5.41, 5.74) is 2.31. The maximum Gasteiger partial charge on any atom is 0.309 e. The van der Waals surface area contributed by atoms with Crippen molar-refractivity contribution < 1.29 is 19.1 Å². The van der Waals surface area contributed by atoms with Crippen LogP contribution in [-0.2, 0) is 25.5 Å². The van der Waals surface area contributed by atoms with E-state index in [0.717, 1.165) is 18.4 Å². The molecule has 0 spiro atoms. The van der Waals surface area contributed by atoms with Crippen LogP contribution in [0.15, 0.2) is 30.5 Å². The molecule has 30 heavy (non-hydrogen) atoms. The number of amides is 2. The third-order valence-corrected chi connectivity index (χ3v) is 5.78. The highest BCUT2D eigenvalue weighted by atomic mass is 16.5. The molecular formula is C23H31N3O4. The fourth-order valence-corrected chi connectivity index (χ4v) is 3.98. The van der Waals surface area contributed by atoms with Crippen molar-refractivity contribution in [2.24, 2.45) is 5.92 Å². The van der Waals surface area contributed by atoms with E-state index in [1.807, 2.05) is 24.4 Å². The number of hydrogen-bond donors (Lipinski definition) is 1.